The van der Waals surface area contributed by atoms with Crippen LogP contribution in [-0.4, -0.2) is 37.0 Å². The van der Waals surface area contributed by atoms with E-state index in [1.165, 1.54) is 5.56 Å². The Kier molecular flexibility index (Phi) is 6.52. The van der Waals surface area contributed by atoms with Crippen LogP contribution in [0.4, 0.5) is 5.82 Å². The van der Waals surface area contributed by atoms with Gasteiger partial charge in [0.1, 0.15) is 5.82 Å². The third kappa shape index (κ3) is 5.45. The molecule has 1 saturated carbocycles. The molecule has 3 rings (SSSR count). The minimum Gasteiger partial charge on any atom is -0.356 e. The highest BCUT2D eigenvalue weighted by molar-refractivity contribution is 6.30. The van der Waals surface area contributed by atoms with Gasteiger partial charge >= 0.3 is 0 Å². The number of hydrogen-bond acceptors (Lipinski definition) is 3. The summed E-state index contributed by atoms with van der Waals surface area (Å²) in [6.45, 7) is 3.16. The van der Waals surface area contributed by atoms with E-state index in [2.05, 4.69) is 32.0 Å². The van der Waals surface area contributed by atoms with Gasteiger partial charge < -0.3 is 16.0 Å². The van der Waals surface area contributed by atoms with Crippen molar-refractivity contribution >= 4 is 29.3 Å². The largest absolute Gasteiger partial charge is 0.356 e. The number of aliphatic imine (C=N–C) groups is 1. The fraction of sp³-hybridized carbons (Fsp3) is 0.381. The van der Waals surface area contributed by atoms with Crippen molar-refractivity contribution in [3.8, 4) is 0 Å². The number of aromatic nitrogens is 1. The maximum atomic E-state index is 12.1. The molecule has 1 aromatic carbocycles. The van der Waals surface area contributed by atoms with Gasteiger partial charge in [0.05, 0.1) is 0 Å². The molecular formula is C21H26ClN5O. The first-order chi connectivity index (χ1) is 13.5. The lowest BCUT2D eigenvalue weighted by atomic mass is 9.96. The predicted molar refractivity (Wildman–Crippen MR) is 114 cm³/mol. The Bertz CT molecular complexity index is 863. The number of amides is 1. The van der Waals surface area contributed by atoms with Crippen molar-refractivity contribution in [1.82, 2.24) is 15.6 Å². The first kappa shape index (κ1) is 20.1. The maximum Gasteiger partial charge on any atom is 0.227 e. The molecule has 0 unspecified atom stereocenters. The summed E-state index contributed by atoms with van der Waals surface area (Å²) in [5.41, 5.74) is 2.25. The second-order valence-corrected chi connectivity index (χ2v) is 7.54. The number of anilines is 1. The van der Waals surface area contributed by atoms with Crippen LogP contribution in [0.5, 0.6) is 0 Å². The SMILES string of the molecule is CN=C(NCCC(=O)Nc1cccc(C)n1)NCC1(c2cccc(Cl)c2)CC1. The van der Waals surface area contributed by atoms with E-state index in [1.807, 2.05) is 37.3 Å². The van der Waals surface area contributed by atoms with Crippen molar-refractivity contribution in [2.24, 2.45) is 4.99 Å². The Labute approximate surface area is 170 Å². The Morgan fingerprint density at radius 2 is 2.00 bits per heavy atom. The number of halogens is 1. The molecule has 0 spiro atoms. The van der Waals surface area contributed by atoms with Crippen LogP contribution in [0.3, 0.4) is 0 Å². The zero-order valence-electron chi connectivity index (χ0n) is 16.3. The fourth-order valence-electron chi connectivity index (χ4n) is 3.12. The average molecular weight is 400 g/mol. The van der Waals surface area contributed by atoms with Crippen LogP contribution in [0.2, 0.25) is 5.02 Å². The van der Waals surface area contributed by atoms with Crippen LogP contribution >= 0.6 is 11.6 Å². The molecule has 1 aliphatic carbocycles. The van der Waals surface area contributed by atoms with E-state index in [9.17, 15) is 4.79 Å². The molecule has 1 amide bonds. The second-order valence-electron chi connectivity index (χ2n) is 7.11. The molecular weight excluding hydrogens is 374 g/mol. The van der Waals surface area contributed by atoms with Crippen molar-refractivity contribution in [3.05, 3.63) is 58.7 Å². The normalized spacial score (nSPS) is 15.0. The van der Waals surface area contributed by atoms with Gasteiger partial charge in [0.15, 0.2) is 5.96 Å². The Morgan fingerprint density at radius 3 is 2.68 bits per heavy atom. The van der Waals surface area contributed by atoms with E-state index in [-0.39, 0.29) is 11.3 Å². The highest BCUT2D eigenvalue weighted by Gasteiger charge is 2.44. The molecule has 1 aromatic heterocycles. The molecule has 7 heteroatoms. The van der Waals surface area contributed by atoms with Crippen LogP contribution in [0.25, 0.3) is 0 Å². The molecule has 3 N–H and O–H groups in total. The molecule has 28 heavy (non-hydrogen) atoms. The molecule has 148 valence electrons. The van der Waals surface area contributed by atoms with Gasteiger partial charge in [-0.05, 0) is 49.6 Å². The van der Waals surface area contributed by atoms with Crippen LogP contribution in [0.15, 0.2) is 47.5 Å². The standard InChI is InChI=1S/C21H26ClN5O/c1-15-5-3-8-18(26-15)27-19(28)9-12-24-20(23-2)25-14-21(10-11-21)16-6-4-7-17(22)13-16/h3-8,13H,9-12,14H2,1-2H3,(H2,23,24,25)(H,26,27,28). The minimum atomic E-state index is -0.0846. The highest BCUT2D eigenvalue weighted by Crippen LogP contribution is 2.48. The van der Waals surface area contributed by atoms with E-state index < -0.39 is 0 Å². The lowest BCUT2D eigenvalue weighted by Crippen LogP contribution is -2.42. The fourth-order valence-corrected chi connectivity index (χ4v) is 3.31. The molecule has 0 radical (unpaired) electrons. The van der Waals surface area contributed by atoms with Crippen molar-refractivity contribution in [1.29, 1.82) is 0 Å². The first-order valence-electron chi connectivity index (χ1n) is 9.45. The summed E-state index contributed by atoms with van der Waals surface area (Å²) in [6.07, 6.45) is 2.59. The van der Waals surface area contributed by atoms with Crippen LogP contribution in [0.1, 0.15) is 30.5 Å². The zero-order chi connectivity index (χ0) is 20.0. The molecule has 0 saturated heterocycles. The maximum absolute atomic E-state index is 12.1. The van der Waals surface area contributed by atoms with Crippen molar-refractivity contribution in [2.45, 2.75) is 31.6 Å². The summed E-state index contributed by atoms with van der Waals surface area (Å²) in [6, 6.07) is 13.6. The Balaban J connectivity index is 1.43. The minimum absolute atomic E-state index is 0.0846. The third-order valence-corrected chi connectivity index (χ3v) is 5.14. The number of pyridine rings is 1. The number of guanidine groups is 1. The van der Waals surface area contributed by atoms with E-state index in [4.69, 9.17) is 11.6 Å². The number of aryl methyl sites for hydroxylation is 1. The van der Waals surface area contributed by atoms with Gasteiger partial charge in [-0.3, -0.25) is 9.79 Å². The molecule has 0 aliphatic heterocycles. The number of rotatable bonds is 7. The van der Waals surface area contributed by atoms with Gasteiger partial charge in [-0.1, -0.05) is 29.8 Å². The highest BCUT2D eigenvalue weighted by atomic mass is 35.5. The number of benzene rings is 1. The van der Waals surface area contributed by atoms with Gasteiger partial charge in [-0.25, -0.2) is 4.98 Å². The quantitative estimate of drug-likeness (QED) is 0.493. The lowest BCUT2D eigenvalue weighted by Gasteiger charge is -2.19. The summed E-state index contributed by atoms with van der Waals surface area (Å²) >= 11 is 6.13. The predicted octanol–water partition coefficient (Wildman–Crippen LogP) is 3.27. The van der Waals surface area contributed by atoms with Gasteiger partial charge in [-0.2, -0.15) is 0 Å². The molecule has 0 atom stereocenters. The number of carbonyl (C=O) groups excluding carboxylic acids is 1. The van der Waals surface area contributed by atoms with Gasteiger partial charge in [0, 0.05) is 42.7 Å². The first-order valence-corrected chi connectivity index (χ1v) is 9.83. The van der Waals surface area contributed by atoms with Crippen LogP contribution in [0, 0.1) is 6.92 Å². The zero-order valence-corrected chi connectivity index (χ0v) is 17.0. The summed E-state index contributed by atoms with van der Waals surface area (Å²) in [4.78, 5) is 20.6. The topological polar surface area (TPSA) is 78.4 Å². The second kappa shape index (κ2) is 9.06. The smallest absolute Gasteiger partial charge is 0.227 e. The Hall–Kier alpha value is -2.60. The molecule has 1 aliphatic rings. The van der Waals surface area contributed by atoms with E-state index in [0.29, 0.717) is 24.7 Å². The van der Waals surface area contributed by atoms with Crippen molar-refractivity contribution < 1.29 is 4.79 Å². The van der Waals surface area contributed by atoms with Gasteiger partial charge in [0.2, 0.25) is 5.91 Å². The Morgan fingerprint density at radius 1 is 1.21 bits per heavy atom. The summed E-state index contributed by atoms with van der Waals surface area (Å²) < 4.78 is 0. The van der Waals surface area contributed by atoms with Gasteiger partial charge in [0.25, 0.3) is 0 Å². The molecule has 1 fully saturated rings. The molecule has 1 heterocycles. The number of carbonyl (C=O) groups is 1. The average Bonchev–Trinajstić information content (AvgIpc) is 3.46. The van der Waals surface area contributed by atoms with Gasteiger partial charge in [-0.15, -0.1) is 0 Å². The third-order valence-electron chi connectivity index (χ3n) is 4.91. The number of hydrogen-bond donors (Lipinski definition) is 3. The van der Waals surface area contributed by atoms with E-state index >= 15 is 0 Å². The monoisotopic (exact) mass is 399 g/mol. The summed E-state index contributed by atoms with van der Waals surface area (Å²) in [7, 11) is 1.73. The number of nitrogens with zero attached hydrogens (tertiary/aromatic N) is 2. The summed E-state index contributed by atoms with van der Waals surface area (Å²) in [5, 5.41) is 10.1. The van der Waals surface area contributed by atoms with Crippen molar-refractivity contribution in [3.63, 3.8) is 0 Å². The van der Waals surface area contributed by atoms with Crippen LogP contribution < -0.4 is 16.0 Å². The van der Waals surface area contributed by atoms with Crippen molar-refractivity contribution in [2.75, 3.05) is 25.5 Å². The van der Waals surface area contributed by atoms with E-state index in [0.717, 1.165) is 30.1 Å². The van der Waals surface area contributed by atoms with Crippen LogP contribution in [-0.2, 0) is 10.2 Å². The molecule has 2 aromatic rings. The molecule has 0 bridgehead atoms. The lowest BCUT2D eigenvalue weighted by molar-refractivity contribution is -0.116. The van der Waals surface area contributed by atoms with E-state index in [1.54, 1.807) is 13.1 Å². The number of nitrogens with one attached hydrogen (secondary N) is 3. The molecule has 6 nitrogen and oxygen atoms in total. The summed E-state index contributed by atoms with van der Waals surface area (Å²) in [5.74, 6) is 1.18.